The van der Waals surface area contributed by atoms with Crippen LogP contribution in [0.5, 0.6) is 0 Å². The zero-order valence-electron chi connectivity index (χ0n) is 9.70. The van der Waals surface area contributed by atoms with Gasteiger partial charge in [0.15, 0.2) is 0 Å². The van der Waals surface area contributed by atoms with Crippen molar-refractivity contribution in [2.24, 2.45) is 5.73 Å². The highest BCUT2D eigenvalue weighted by Crippen LogP contribution is 2.37. The van der Waals surface area contributed by atoms with Crippen LogP contribution in [-0.2, 0) is 0 Å². The molecule has 0 saturated carbocycles. The first-order valence-electron chi connectivity index (χ1n) is 5.86. The lowest BCUT2D eigenvalue weighted by Crippen LogP contribution is -2.51. The molecule has 2 heterocycles. The average molecular weight is 211 g/mol. The Morgan fingerprint density at radius 2 is 2.07 bits per heavy atom. The van der Waals surface area contributed by atoms with Gasteiger partial charge in [0.25, 0.3) is 0 Å². The number of likely N-dealkylation sites (tertiary alicyclic amines) is 2. The molecule has 2 fully saturated rings. The van der Waals surface area contributed by atoms with Gasteiger partial charge in [-0.3, -0.25) is 4.90 Å². The average Bonchev–Trinajstić information content (AvgIpc) is 2.74. The van der Waals surface area contributed by atoms with Crippen molar-refractivity contribution < 1.29 is 4.79 Å². The maximum Gasteiger partial charge on any atom is 0.315 e. The van der Waals surface area contributed by atoms with E-state index in [0.29, 0.717) is 6.04 Å². The van der Waals surface area contributed by atoms with Gasteiger partial charge in [0.2, 0.25) is 0 Å². The molecule has 15 heavy (non-hydrogen) atoms. The number of amides is 2. The molecule has 0 aliphatic carbocycles. The summed E-state index contributed by atoms with van der Waals surface area (Å²) in [5, 5.41) is 0. The van der Waals surface area contributed by atoms with E-state index in [4.69, 9.17) is 5.73 Å². The normalized spacial score (nSPS) is 32.1. The van der Waals surface area contributed by atoms with Crippen molar-refractivity contribution >= 4 is 6.03 Å². The predicted molar refractivity (Wildman–Crippen MR) is 59.6 cm³/mol. The lowest BCUT2D eigenvalue weighted by molar-refractivity contribution is 0.148. The molecule has 1 atom stereocenters. The molecule has 0 aromatic carbocycles. The van der Waals surface area contributed by atoms with Crippen LogP contribution in [0.25, 0.3) is 0 Å². The third kappa shape index (κ3) is 1.71. The fourth-order valence-electron chi connectivity index (χ4n) is 3.04. The summed E-state index contributed by atoms with van der Waals surface area (Å²) in [4.78, 5) is 15.7. The summed E-state index contributed by atoms with van der Waals surface area (Å²) < 4.78 is 0. The number of nitrogens with zero attached hydrogens (tertiary/aromatic N) is 2. The van der Waals surface area contributed by atoms with Crippen LogP contribution >= 0.6 is 0 Å². The molecule has 0 radical (unpaired) electrons. The van der Waals surface area contributed by atoms with Gasteiger partial charge in [0, 0.05) is 25.7 Å². The Labute approximate surface area is 91.4 Å². The van der Waals surface area contributed by atoms with Gasteiger partial charge in [-0.2, -0.15) is 0 Å². The molecule has 0 aromatic rings. The molecule has 2 aliphatic heterocycles. The first-order chi connectivity index (χ1) is 7.05. The van der Waals surface area contributed by atoms with E-state index in [2.05, 4.69) is 18.7 Å². The second kappa shape index (κ2) is 3.67. The van der Waals surface area contributed by atoms with Gasteiger partial charge in [-0.1, -0.05) is 0 Å². The van der Waals surface area contributed by atoms with Gasteiger partial charge in [0.1, 0.15) is 0 Å². The predicted octanol–water partition coefficient (Wildman–Crippen LogP) is 1.01. The number of nitrogens with two attached hydrogens (primary N) is 1. The highest BCUT2D eigenvalue weighted by Gasteiger charge is 2.47. The van der Waals surface area contributed by atoms with E-state index in [1.807, 2.05) is 4.90 Å². The molecule has 4 nitrogen and oxygen atoms in total. The summed E-state index contributed by atoms with van der Waals surface area (Å²) in [7, 11) is 0. The molecule has 2 aliphatic rings. The minimum absolute atomic E-state index is 0.0656. The van der Waals surface area contributed by atoms with Crippen molar-refractivity contribution in [3.05, 3.63) is 0 Å². The number of rotatable bonds is 1. The molecule has 1 unspecified atom stereocenters. The molecule has 1 spiro atoms. The molecule has 86 valence electrons. The highest BCUT2D eigenvalue weighted by atomic mass is 16.2. The second-order valence-corrected chi connectivity index (χ2v) is 5.13. The number of primary amides is 1. The second-order valence-electron chi connectivity index (χ2n) is 5.13. The highest BCUT2D eigenvalue weighted by molar-refractivity contribution is 5.73. The molecule has 0 bridgehead atoms. The summed E-state index contributed by atoms with van der Waals surface area (Å²) in [5.74, 6) is 0. The van der Waals surface area contributed by atoms with Crippen LogP contribution in [0.4, 0.5) is 4.79 Å². The van der Waals surface area contributed by atoms with E-state index < -0.39 is 0 Å². The van der Waals surface area contributed by atoms with E-state index >= 15 is 0 Å². The number of carbonyl (C=O) groups is 1. The van der Waals surface area contributed by atoms with Crippen molar-refractivity contribution in [3.8, 4) is 0 Å². The van der Waals surface area contributed by atoms with Crippen molar-refractivity contribution in [1.29, 1.82) is 0 Å². The number of urea groups is 1. The molecule has 4 heteroatoms. The van der Waals surface area contributed by atoms with E-state index in [0.717, 1.165) is 38.9 Å². The summed E-state index contributed by atoms with van der Waals surface area (Å²) in [6.45, 7) is 7.38. The maximum atomic E-state index is 11.4. The topological polar surface area (TPSA) is 49.6 Å². The van der Waals surface area contributed by atoms with Crippen LogP contribution in [0.1, 0.15) is 33.1 Å². The molecular formula is C11H21N3O. The van der Waals surface area contributed by atoms with Gasteiger partial charge in [-0.25, -0.2) is 4.79 Å². The molecule has 0 aromatic heterocycles. The third-order valence-electron chi connectivity index (χ3n) is 3.95. The lowest BCUT2D eigenvalue weighted by atomic mass is 9.95. The van der Waals surface area contributed by atoms with Crippen molar-refractivity contribution in [2.75, 3.05) is 19.6 Å². The van der Waals surface area contributed by atoms with E-state index in [9.17, 15) is 4.79 Å². The van der Waals surface area contributed by atoms with Gasteiger partial charge in [-0.05, 0) is 33.1 Å². The van der Waals surface area contributed by atoms with Gasteiger partial charge >= 0.3 is 6.03 Å². The van der Waals surface area contributed by atoms with Gasteiger partial charge in [-0.15, -0.1) is 0 Å². The van der Waals surface area contributed by atoms with Crippen LogP contribution in [-0.4, -0.2) is 47.0 Å². The number of carbonyl (C=O) groups excluding carboxylic acids is 1. The fourth-order valence-corrected chi connectivity index (χ4v) is 3.04. The van der Waals surface area contributed by atoms with Crippen LogP contribution in [0.15, 0.2) is 0 Å². The summed E-state index contributed by atoms with van der Waals surface area (Å²) in [6, 6.07) is 0.331. The van der Waals surface area contributed by atoms with Crippen LogP contribution in [0.2, 0.25) is 0 Å². The van der Waals surface area contributed by atoms with E-state index in [1.165, 1.54) is 0 Å². The fraction of sp³-hybridized carbons (Fsp3) is 0.909. The number of hydrogen-bond acceptors (Lipinski definition) is 2. The lowest BCUT2D eigenvalue weighted by Gasteiger charge is -2.34. The summed E-state index contributed by atoms with van der Waals surface area (Å²) >= 11 is 0. The van der Waals surface area contributed by atoms with Crippen LogP contribution in [0, 0.1) is 0 Å². The molecular weight excluding hydrogens is 190 g/mol. The van der Waals surface area contributed by atoms with E-state index in [-0.39, 0.29) is 11.6 Å². The Hall–Kier alpha value is -0.770. The van der Waals surface area contributed by atoms with Gasteiger partial charge in [0.05, 0.1) is 5.54 Å². The molecule has 2 saturated heterocycles. The summed E-state index contributed by atoms with van der Waals surface area (Å²) in [6.07, 6.45) is 3.32. The Bertz CT molecular complexity index is 267. The minimum Gasteiger partial charge on any atom is -0.351 e. The zero-order valence-corrected chi connectivity index (χ0v) is 9.70. The molecule has 2 amide bonds. The smallest absolute Gasteiger partial charge is 0.315 e. The maximum absolute atomic E-state index is 11.4. The van der Waals surface area contributed by atoms with Gasteiger partial charge < -0.3 is 10.6 Å². The monoisotopic (exact) mass is 211 g/mol. The Balaban J connectivity index is 2.11. The first-order valence-corrected chi connectivity index (χ1v) is 5.86. The van der Waals surface area contributed by atoms with Crippen LogP contribution in [0.3, 0.4) is 0 Å². The van der Waals surface area contributed by atoms with Crippen molar-refractivity contribution in [1.82, 2.24) is 9.80 Å². The zero-order chi connectivity index (χ0) is 11.1. The Morgan fingerprint density at radius 1 is 1.33 bits per heavy atom. The molecule has 2 rings (SSSR count). The third-order valence-corrected chi connectivity index (χ3v) is 3.95. The Morgan fingerprint density at radius 3 is 2.60 bits per heavy atom. The Kier molecular flexibility index (Phi) is 2.63. The van der Waals surface area contributed by atoms with Crippen LogP contribution < -0.4 is 5.73 Å². The van der Waals surface area contributed by atoms with E-state index in [1.54, 1.807) is 0 Å². The summed E-state index contributed by atoms with van der Waals surface area (Å²) in [5.41, 5.74) is 5.51. The first kappa shape index (κ1) is 10.7. The largest absolute Gasteiger partial charge is 0.351 e. The number of hydrogen-bond donors (Lipinski definition) is 1. The van der Waals surface area contributed by atoms with Crippen molar-refractivity contribution in [2.45, 2.75) is 44.7 Å². The van der Waals surface area contributed by atoms with Crippen molar-refractivity contribution in [3.63, 3.8) is 0 Å². The minimum atomic E-state index is -0.238. The SMILES string of the molecule is CC(C)N1CCC2(CCCN2C(N)=O)C1. The standard InChI is InChI=1S/C11H21N3O/c1-9(2)13-7-5-11(8-13)4-3-6-14(11)10(12)15/h9H,3-8H2,1-2H3,(H2,12,15). The molecule has 2 N–H and O–H groups in total. The quantitative estimate of drug-likeness (QED) is 0.704.